The third-order valence-electron chi connectivity index (χ3n) is 3.81. The lowest BCUT2D eigenvalue weighted by Crippen LogP contribution is -2.30. The second kappa shape index (κ2) is 5.68. The number of halogens is 1. The molecule has 1 N–H and O–H groups in total. The van der Waals surface area contributed by atoms with Gasteiger partial charge in [0.05, 0.1) is 11.6 Å². The van der Waals surface area contributed by atoms with Crippen LogP contribution < -0.4 is 4.90 Å². The molecule has 116 valence electrons. The number of carbonyl (C=O) groups is 2. The van der Waals surface area contributed by atoms with Gasteiger partial charge in [0.25, 0.3) is 5.91 Å². The van der Waals surface area contributed by atoms with Crippen molar-refractivity contribution in [2.75, 3.05) is 4.90 Å². The van der Waals surface area contributed by atoms with Gasteiger partial charge in [0, 0.05) is 5.69 Å². The molecule has 5 heteroatoms. The van der Waals surface area contributed by atoms with Crippen LogP contribution in [0.25, 0.3) is 0 Å². The lowest BCUT2D eigenvalue weighted by Gasteiger charge is -2.26. The predicted molar refractivity (Wildman–Crippen MR) is 83.4 cm³/mol. The van der Waals surface area contributed by atoms with E-state index in [1.807, 2.05) is 6.07 Å². The molecule has 2 aromatic carbocycles. The number of nitrogens with zero attached hydrogens (tertiary/aromatic N) is 1. The molecule has 0 saturated heterocycles. The van der Waals surface area contributed by atoms with Gasteiger partial charge in [0.2, 0.25) is 0 Å². The van der Waals surface area contributed by atoms with Gasteiger partial charge < -0.3 is 5.11 Å². The van der Waals surface area contributed by atoms with Crippen molar-refractivity contribution in [2.45, 2.75) is 13.0 Å². The summed E-state index contributed by atoms with van der Waals surface area (Å²) in [5.41, 5.74) is 1.15. The van der Waals surface area contributed by atoms with Gasteiger partial charge in [-0.2, -0.15) is 0 Å². The first-order valence-corrected chi connectivity index (χ1v) is 7.09. The predicted octanol–water partition coefficient (Wildman–Crippen LogP) is 3.31. The number of hydrogen-bond acceptors (Lipinski definition) is 3. The second-order valence-electron chi connectivity index (χ2n) is 5.28. The number of amides is 1. The van der Waals surface area contributed by atoms with Gasteiger partial charge in [-0.3, -0.25) is 14.5 Å². The van der Waals surface area contributed by atoms with Crippen LogP contribution in [-0.4, -0.2) is 16.8 Å². The maximum absolute atomic E-state index is 13.2. The van der Waals surface area contributed by atoms with E-state index in [4.69, 9.17) is 0 Å². The molecule has 0 spiro atoms. The monoisotopic (exact) mass is 311 g/mol. The van der Waals surface area contributed by atoms with Crippen molar-refractivity contribution < 1.29 is 19.1 Å². The quantitative estimate of drug-likeness (QED) is 0.946. The molecule has 3 rings (SSSR count). The first kappa shape index (κ1) is 15.0. The maximum atomic E-state index is 13.2. The first-order chi connectivity index (χ1) is 11.0. The fourth-order valence-corrected chi connectivity index (χ4v) is 2.78. The molecule has 1 amide bonds. The summed E-state index contributed by atoms with van der Waals surface area (Å²) in [6.45, 7) is 1.31. The van der Waals surface area contributed by atoms with Crippen molar-refractivity contribution in [1.82, 2.24) is 0 Å². The fraction of sp³-hybridized carbons (Fsp3) is 0.111. The van der Waals surface area contributed by atoms with Crippen LogP contribution in [0.2, 0.25) is 0 Å². The molecule has 4 nitrogen and oxygen atoms in total. The summed E-state index contributed by atoms with van der Waals surface area (Å²) in [4.78, 5) is 25.7. The summed E-state index contributed by atoms with van der Waals surface area (Å²) in [6, 6.07) is 13.6. The third kappa shape index (κ3) is 2.50. The molecule has 1 unspecified atom stereocenters. The van der Waals surface area contributed by atoms with Gasteiger partial charge in [-0.05, 0) is 36.8 Å². The van der Waals surface area contributed by atoms with E-state index in [0.717, 1.165) is 0 Å². The number of aliphatic hydroxyl groups excluding tert-OH is 1. The van der Waals surface area contributed by atoms with Gasteiger partial charge >= 0.3 is 0 Å². The molecule has 1 heterocycles. The van der Waals surface area contributed by atoms with Crippen molar-refractivity contribution in [3.05, 3.63) is 77.3 Å². The average molecular weight is 311 g/mol. The Morgan fingerprint density at radius 2 is 1.70 bits per heavy atom. The summed E-state index contributed by atoms with van der Waals surface area (Å²) in [5, 5.41) is 10.1. The molecule has 1 aliphatic heterocycles. The van der Waals surface area contributed by atoms with Crippen LogP contribution in [0, 0.1) is 5.82 Å². The number of hydrogen-bond donors (Lipinski definition) is 1. The van der Waals surface area contributed by atoms with Crippen LogP contribution in [0.15, 0.2) is 65.9 Å². The van der Waals surface area contributed by atoms with Gasteiger partial charge in [-0.1, -0.05) is 30.3 Å². The number of Topliss-reactive ketones (excluding diaryl/α,β-unsaturated/α-hetero) is 1. The largest absolute Gasteiger partial charge is 0.503 e. The van der Waals surface area contributed by atoms with Gasteiger partial charge in [0.15, 0.2) is 11.5 Å². The van der Waals surface area contributed by atoms with Gasteiger partial charge in [-0.25, -0.2) is 4.39 Å². The number of benzene rings is 2. The van der Waals surface area contributed by atoms with Crippen LogP contribution in [0.1, 0.15) is 18.5 Å². The molecule has 0 saturated carbocycles. The number of anilines is 1. The SMILES string of the molecule is CC(=O)C1=C(O)C(=O)N(c2ccc(F)cc2)C1c1ccccc1. The molecule has 1 atom stereocenters. The summed E-state index contributed by atoms with van der Waals surface area (Å²) >= 11 is 0. The third-order valence-corrected chi connectivity index (χ3v) is 3.81. The molecular weight excluding hydrogens is 297 g/mol. The van der Waals surface area contributed by atoms with Crippen molar-refractivity contribution in [1.29, 1.82) is 0 Å². The second-order valence-corrected chi connectivity index (χ2v) is 5.28. The minimum Gasteiger partial charge on any atom is -0.503 e. The van der Waals surface area contributed by atoms with Crippen LogP contribution in [0.5, 0.6) is 0 Å². The zero-order valence-electron chi connectivity index (χ0n) is 12.4. The number of carbonyl (C=O) groups excluding carboxylic acids is 2. The standard InChI is InChI=1S/C18H14FNO3/c1-11(21)15-16(12-5-3-2-4-6-12)20(18(23)17(15)22)14-9-7-13(19)8-10-14/h2-10,16,22H,1H3. The zero-order chi connectivity index (χ0) is 16.6. The minimum absolute atomic E-state index is 0.0468. The lowest BCUT2D eigenvalue weighted by molar-refractivity contribution is -0.117. The molecule has 23 heavy (non-hydrogen) atoms. The van der Waals surface area contributed by atoms with Gasteiger partial charge in [-0.15, -0.1) is 0 Å². The molecule has 0 radical (unpaired) electrons. The number of ketones is 1. The van der Waals surface area contributed by atoms with Crippen molar-refractivity contribution in [3.8, 4) is 0 Å². The average Bonchev–Trinajstić information content (AvgIpc) is 2.81. The van der Waals surface area contributed by atoms with E-state index in [0.29, 0.717) is 11.3 Å². The molecule has 2 aromatic rings. The Morgan fingerprint density at radius 3 is 2.26 bits per heavy atom. The lowest BCUT2D eigenvalue weighted by atomic mass is 9.96. The van der Waals surface area contributed by atoms with E-state index >= 15 is 0 Å². The van der Waals surface area contributed by atoms with Gasteiger partial charge in [0.1, 0.15) is 5.82 Å². The Balaban J connectivity index is 2.16. The summed E-state index contributed by atoms with van der Waals surface area (Å²) in [7, 11) is 0. The smallest absolute Gasteiger partial charge is 0.294 e. The van der Waals surface area contributed by atoms with Crippen LogP contribution in [0.3, 0.4) is 0 Å². The molecule has 0 bridgehead atoms. The Kier molecular flexibility index (Phi) is 3.70. The molecule has 0 fully saturated rings. The van der Waals surface area contributed by atoms with E-state index in [1.165, 1.54) is 36.1 Å². The molecule has 1 aliphatic rings. The highest BCUT2D eigenvalue weighted by Gasteiger charge is 2.43. The molecule has 0 aromatic heterocycles. The minimum atomic E-state index is -0.730. The topological polar surface area (TPSA) is 57.6 Å². The van der Waals surface area contributed by atoms with Crippen molar-refractivity contribution >= 4 is 17.4 Å². The first-order valence-electron chi connectivity index (χ1n) is 7.09. The maximum Gasteiger partial charge on any atom is 0.294 e. The van der Waals surface area contributed by atoms with E-state index < -0.39 is 23.5 Å². The Bertz CT molecular complexity index is 797. The van der Waals surface area contributed by atoms with Crippen LogP contribution in [-0.2, 0) is 9.59 Å². The summed E-state index contributed by atoms with van der Waals surface area (Å²) in [6.07, 6.45) is 0. The number of aliphatic hydroxyl groups is 1. The highest BCUT2D eigenvalue weighted by atomic mass is 19.1. The zero-order valence-corrected chi connectivity index (χ0v) is 12.4. The van der Waals surface area contributed by atoms with Crippen molar-refractivity contribution in [3.63, 3.8) is 0 Å². The fourth-order valence-electron chi connectivity index (χ4n) is 2.78. The molecule has 0 aliphatic carbocycles. The Hall–Kier alpha value is -2.95. The van der Waals surface area contributed by atoms with Crippen LogP contribution >= 0.6 is 0 Å². The Labute approximate surface area is 132 Å². The highest BCUT2D eigenvalue weighted by molar-refractivity contribution is 6.16. The van der Waals surface area contributed by atoms with E-state index in [-0.39, 0.29) is 11.4 Å². The normalized spacial score (nSPS) is 17.7. The van der Waals surface area contributed by atoms with E-state index in [2.05, 4.69) is 0 Å². The Morgan fingerprint density at radius 1 is 1.09 bits per heavy atom. The molecular formula is C18H14FNO3. The van der Waals surface area contributed by atoms with E-state index in [9.17, 15) is 19.1 Å². The summed E-state index contributed by atoms with van der Waals surface area (Å²) < 4.78 is 13.2. The summed E-state index contributed by atoms with van der Waals surface area (Å²) in [5.74, 6) is -2.04. The highest BCUT2D eigenvalue weighted by Crippen LogP contribution is 2.40. The number of rotatable bonds is 3. The van der Waals surface area contributed by atoms with Crippen molar-refractivity contribution in [2.24, 2.45) is 0 Å². The van der Waals surface area contributed by atoms with E-state index in [1.54, 1.807) is 24.3 Å². The van der Waals surface area contributed by atoms with Crippen LogP contribution in [0.4, 0.5) is 10.1 Å².